The lowest BCUT2D eigenvalue weighted by molar-refractivity contribution is 0.0993. The average Bonchev–Trinajstić information content (AvgIpc) is 3.06. The third-order valence-corrected chi connectivity index (χ3v) is 6.87. The Hall–Kier alpha value is -2.16. The molecule has 1 N–H and O–H groups in total. The molecule has 6 nitrogen and oxygen atoms in total. The summed E-state index contributed by atoms with van der Waals surface area (Å²) in [5, 5.41) is 0.876. The first kappa shape index (κ1) is 24.5. The summed E-state index contributed by atoms with van der Waals surface area (Å²) in [6.07, 6.45) is 3.68. The van der Waals surface area contributed by atoms with Gasteiger partial charge in [0.25, 0.3) is 0 Å². The van der Waals surface area contributed by atoms with E-state index in [1.54, 1.807) is 7.11 Å². The first-order chi connectivity index (χ1) is 15.3. The van der Waals surface area contributed by atoms with Crippen molar-refractivity contribution in [3.8, 4) is 5.75 Å². The lowest BCUT2D eigenvalue weighted by Gasteiger charge is -2.13. The van der Waals surface area contributed by atoms with E-state index in [1.807, 2.05) is 42.5 Å². The van der Waals surface area contributed by atoms with Gasteiger partial charge in [0, 0.05) is 40.6 Å². The van der Waals surface area contributed by atoms with E-state index in [0.29, 0.717) is 31.7 Å². The van der Waals surface area contributed by atoms with Crippen LogP contribution in [0.4, 0.5) is 0 Å². The van der Waals surface area contributed by atoms with Crippen molar-refractivity contribution in [1.29, 1.82) is 0 Å². The summed E-state index contributed by atoms with van der Waals surface area (Å²) >= 11 is 3.55. The number of ketones is 1. The van der Waals surface area contributed by atoms with Gasteiger partial charge in [-0.05, 0) is 30.5 Å². The van der Waals surface area contributed by atoms with Crippen molar-refractivity contribution in [2.24, 2.45) is 0 Å². The van der Waals surface area contributed by atoms with Crippen molar-refractivity contribution in [1.82, 2.24) is 9.29 Å². The van der Waals surface area contributed by atoms with Gasteiger partial charge in [-0.2, -0.15) is 0 Å². The Morgan fingerprint density at radius 3 is 2.56 bits per heavy atom. The summed E-state index contributed by atoms with van der Waals surface area (Å²) in [4.78, 5) is 13.6. The van der Waals surface area contributed by atoms with Crippen molar-refractivity contribution >= 4 is 42.6 Å². The van der Waals surface area contributed by atoms with Crippen LogP contribution in [0.25, 0.3) is 10.9 Å². The third kappa shape index (κ3) is 5.60. The van der Waals surface area contributed by atoms with Crippen LogP contribution in [0.5, 0.6) is 5.75 Å². The second kappa shape index (κ2) is 10.6. The number of benzene rings is 2. The summed E-state index contributed by atoms with van der Waals surface area (Å²) in [5.41, 5.74) is 3.53. The summed E-state index contributed by atoms with van der Waals surface area (Å²) in [7, 11) is -1.62. The van der Waals surface area contributed by atoms with Crippen LogP contribution in [0, 0.1) is 0 Å². The summed E-state index contributed by atoms with van der Waals surface area (Å²) in [5.74, 6) is 0.766. The Balaban J connectivity index is 2.07. The molecule has 0 amide bonds. The number of nitrogens with zero attached hydrogens (tertiary/aromatic N) is 1. The number of rotatable bonds is 11. The Labute approximate surface area is 198 Å². The lowest BCUT2D eigenvalue weighted by Crippen LogP contribution is -2.24. The van der Waals surface area contributed by atoms with Gasteiger partial charge in [0.15, 0.2) is 5.78 Å². The molecule has 1 heterocycles. The normalized spacial score (nSPS) is 11.8. The van der Waals surface area contributed by atoms with Crippen LogP contribution in [0.3, 0.4) is 0 Å². The van der Waals surface area contributed by atoms with Crippen LogP contribution in [0.15, 0.2) is 46.9 Å². The van der Waals surface area contributed by atoms with Gasteiger partial charge in [-0.3, -0.25) is 4.79 Å². The number of aryl methyl sites for hydroxylation is 1. The smallest absolute Gasteiger partial charge is 0.208 e. The minimum atomic E-state index is -3.24. The highest BCUT2D eigenvalue weighted by molar-refractivity contribution is 9.10. The van der Waals surface area contributed by atoms with Crippen LogP contribution in [0.1, 0.15) is 41.4 Å². The first-order valence-corrected chi connectivity index (χ1v) is 13.3. The molecule has 0 bridgehead atoms. The van der Waals surface area contributed by atoms with Crippen molar-refractivity contribution in [3.63, 3.8) is 0 Å². The minimum absolute atomic E-state index is 0.0617. The molecule has 0 fully saturated rings. The van der Waals surface area contributed by atoms with Gasteiger partial charge in [0.2, 0.25) is 10.0 Å². The molecule has 0 aliphatic heterocycles. The highest BCUT2D eigenvalue weighted by Crippen LogP contribution is 2.35. The van der Waals surface area contributed by atoms with E-state index in [2.05, 4.69) is 32.1 Å². The number of sulfonamides is 1. The number of ether oxygens (including phenoxy) is 1. The molecule has 8 heteroatoms. The number of carbonyl (C=O) groups is 1. The third-order valence-electron chi connectivity index (χ3n) is 5.37. The van der Waals surface area contributed by atoms with E-state index in [4.69, 9.17) is 4.74 Å². The number of nitrogens with one attached hydrogen (secondary N) is 1. The molecule has 2 aromatic carbocycles. The molecule has 1 aromatic heterocycles. The zero-order chi connectivity index (χ0) is 23.3. The molecule has 0 atom stereocenters. The van der Waals surface area contributed by atoms with Crippen molar-refractivity contribution < 1.29 is 17.9 Å². The molecule has 0 saturated carbocycles. The standard InChI is InChI=1S/C24H29BrN2O4S/c1-4-9-20-23(21(28)16-17-10-5-6-12-19(17)25)18-11-7-13-22(31-2)24(18)27(20)15-8-14-26-32(3,29)30/h5-7,10-13,26H,4,8-9,14-16H2,1-3H3. The first-order valence-electron chi connectivity index (χ1n) is 10.7. The number of Topliss-reactive ketones (excluding diaryl/α,β-unsaturated/α-hetero) is 1. The number of aromatic nitrogens is 1. The largest absolute Gasteiger partial charge is 0.495 e. The van der Waals surface area contributed by atoms with Gasteiger partial charge in [0.05, 0.1) is 18.9 Å². The quantitative estimate of drug-likeness (QED) is 0.293. The van der Waals surface area contributed by atoms with E-state index in [9.17, 15) is 13.2 Å². The van der Waals surface area contributed by atoms with Gasteiger partial charge < -0.3 is 9.30 Å². The molecule has 3 rings (SSSR count). The summed E-state index contributed by atoms with van der Waals surface area (Å²) in [6, 6.07) is 13.5. The van der Waals surface area contributed by atoms with Gasteiger partial charge in [0.1, 0.15) is 5.75 Å². The molecular formula is C24H29BrN2O4S. The Morgan fingerprint density at radius 1 is 1.16 bits per heavy atom. The van der Waals surface area contributed by atoms with Crippen molar-refractivity contribution in [2.45, 2.75) is 39.2 Å². The molecule has 0 radical (unpaired) electrons. The van der Waals surface area contributed by atoms with Crippen LogP contribution < -0.4 is 9.46 Å². The van der Waals surface area contributed by atoms with Gasteiger partial charge >= 0.3 is 0 Å². The summed E-state index contributed by atoms with van der Waals surface area (Å²) < 4.78 is 34.1. The molecule has 32 heavy (non-hydrogen) atoms. The maximum Gasteiger partial charge on any atom is 0.208 e. The maximum atomic E-state index is 13.6. The molecule has 0 aliphatic rings. The molecule has 0 saturated heterocycles. The van der Waals surface area contributed by atoms with Gasteiger partial charge in [-0.15, -0.1) is 0 Å². The number of carbonyl (C=O) groups excluding carboxylic acids is 1. The predicted molar refractivity (Wildman–Crippen MR) is 132 cm³/mol. The fourth-order valence-electron chi connectivity index (χ4n) is 4.05. The zero-order valence-corrected chi connectivity index (χ0v) is 21.1. The number of halogens is 1. The molecule has 172 valence electrons. The van der Waals surface area contributed by atoms with Crippen LogP contribution >= 0.6 is 15.9 Å². The highest BCUT2D eigenvalue weighted by Gasteiger charge is 2.24. The zero-order valence-electron chi connectivity index (χ0n) is 18.7. The topological polar surface area (TPSA) is 77.4 Å². The summed E-state index contributed by atoms with van der Waals surface area (Å²) in [6.45, 7) is 3.00. The van der Waals surface area contributed by atoms with E-state index in [0.717, 1.165) is 51.3 Å². The second-order valence-corrected chi connectivity index (χ2v) is 10.5. The van der Waals surface area contributed by atoms with Crippen molar-refractivity contribution in [3.05, 3.63) is 63.8 Å². The van der Waals surface area contributed by atoms with Crippen LogP contribution in [-0.4, -0.2) is 38.7 Å². The number of hydrogen-bond donors (Lipinski definition) is 1. The Morgan fingerprint density at radius 2 is 1.91 bits per heavy atom. The predicted octanol–water partition coefficient (Wildman–Crippen LogP) is 4.73. The van der Waals surface area contributed by atoms with Gasteiger partial charge in [-0.25, -0.2) is 13.1 Å². The molecule has 3 aromatic rings. The number of para-hydroxylation sites is 1. The number of hydrogen-bond acceptors (Lipinski definition) is 4. The van der Waals surface area contributed by atoms with Crippen molar-refractivity contribution in [2.75, 3.05) is 19.9 Å². The fraction of sp³-hybridized carbons (Fsp3) is 0.375. The van der Waals surface area contributed by atoms with Crippen LogP contribution in [-0.2, 0) is 29.4 Å². The second-order valence-electron chi connectivity index (χ2n) is 7.79. The molecule has 0 aliphatic carbocycles. The van der Waals surface area contributed by atoms with E-state index in [1.165, 1.54) is 0 Å². The molecule has 0 spiro atoms. The molecule has 0 unspecified atom stereocenters. The van der Waals surface area contributed by atoms with E-state index in [-0.39, 0.29) is 5.78 Å². The average molecular weight is 521 g/mol. The van der Waals surface area contributed by atoms with Crippen LogP contribution in [0.2, 0.25) is 0 Å². The fourth-order valence-corrected chi connectivity index (χ4v) is 4.99. The van der Waals surface area contributed by atoms with Gasteiger partial charge in [-0.1, -0.05) is 59.6 Å². The Bertz CT molecular complexity index is 1220. The Kier molecular flexibility index (Phi) is 8.14. The SMILES string of the molecule is CCCc1c(C(=O)Cc2ccccc2Br)c2cccc(OC)c2n1CCCNS(C)(=O)=O. The number of fused-ring (bicyclic) bond motifs is 1. The number of methoxy groups -OCH3 is 1. The van der Waals surface area contributed by atoms with E-state index >= 15 is 0 Å². The minimum Gasteiger partial charge on any atom is -0.495 e. The monoisotopic (exact) mass is 520 g/mol. The van der Waals surface area contributed by atoms with E-state index < -0.39 is 10.0 Å². The highest BCUT2D eigenvalue weighted by atomic mass is 79.9. The molecular weight excluding hydrogens is 492 g/mol. The maximum absolute atomic E-state index is 13.6. The lowest BCUT2D eigenvalue weighted by atomic mass is 9.98.